The second-order valence-corrected chi connectivity index (χ2v) is 9.77. The number of rotatable bonds is 5. The topological polar surface area (TPSA) is 31.2 Å². The Morgan fingerprint density at radius 3 is 2.48 bits per heavy atom. The highest BCUT2D eigenvalue weighted by molar-refractivity contribution is 14.1. The molecule has 0 amide bonds. The average Bonchev–Trinajstić information content (AvgIpc) is 2.65. The van der Waals surface area contributed by atoms with Crippen LogP contribution in [0.1, 0.15) is 19.4 Å². The number of fused-ring (bicyclic) bond motifs is 1. The third-order valence-electron chi connectivity index (χ3n) is 3.89. The quantitative estimate of drug-likeness (QED) is 0.268. The van der Waals surface area contributed by atoms with E-state index >= 15 is 0 Å². The van der Waals surface area contributed by atoms with Crippen molar-refractivity contribution in [2.24, 2.45) is 6.35 Å². The van der Waals surface area contributed by atoms with E-state index in [1.54, 1.807) is 0 Å². The van der Waals surface area contributed by atoms with Crippen molar-refractivity contribution in [3.05, 3.63) is 54.1 Å². The van der Waals surface area contributed by atoms with Gasteiger partial charge in [-0.25, -0.2) is 6.26 Å². The van der Waals surface area contributed by atoms with Gasteiger partial charge < -0.3 is 0 Å². The number of amidine groups is 1. The predicted octanol–water partition coefficient (Wildman–Crippen LogP) is 6.53. The molecule has 1 heterocycles. The van der Waals surface area contributed by atoms with Crippen LogP contribution in [-0.4, -0.2) is 31.2 Å². The molecule has 0 spiro atoms. The molecule has 0 saturated heterocycles. The Kier molecular flexibility index (Phi) is 7.20. The molecule has 25 heavy (non-hydrogen) atoms. The van der Waals surface area contributed by atoms with Crippen LogP contribution in [-0.2, 0) is 0 Å². The number of hydrogen-bond acceptors (Lipinski definition) is 4. The highest BCUT2D eigenvalue weighted by Gasteiger charge is 2.19. The van der Waals surface area contributed by atoms with Gasteiger partial charge >= 0.3 is 0 Å². The third-order valence-corrected chi connectivity index (χ3v) is 7.84. The van der Waals surface area contributed by atoms with E-state index in [0.29, 0.717) is 6.04 Å². The number of hydrogen-bond donors (Lipinski definition) is 0. The zero-order valence-electron chi connectivity index (χ0n) is 14.0. The summed E-state index contributed by atoms with van der Waals surface area (Å²) in [5, 5.41) is 0. The van der Waals surface area contributed by atoms with Gasteiger partial charge in [-0.2, -0.15) is 3.21 Å². The molecule has 0 radical (unpaired) electrons. The van der Waals surface area contributed by atoms with Gasteiger partial charge in [0.05, 0.1) is 28.6 Å². The zero-order chi connectivity index (χ0) is 17.8. The Labute approximate surface area is 187 Å². The lowest BCUT2D eigenvalue weighted by atomic mass is 10.0. The molecule has 1 aliphatic heterocycles. The second kappa shape index (κ2) is 9.18. The van der Waals surface area contributed by atoms with Gasteiger partial charge in [-0.3, -0.25) is 3.11 Å². The first kappa shape index (κ1) is 19.6. The van der Waals surface area contributed by atoms with Gasteiger partial charge in [0.25, 0.3) is 0 Å². The van der Waals surface area contributed by atoms with Crippen LogP contribution in [0.3, 0.4) is 0 Å². The van der Waals surface area contributed by atoms with Crippen LogP contribution in [0.5, 0.6) is 0 Å². The van der Waals surface area contributed by atoms with Gasteiger partial charge in [0, 0.05) is 47.6 Å². The summed E-state index contributed by atoms with van der Waals surface area (Å²) in [5.74, 6) is 1.08. The minimum absolute atomic E-state index is 0.520. The fourth-order valence-corrected chi connectivity index (χ4v) is 5.14. The van der Waals surface area contributed by atoms with Crippen LogP contribution in [0.2, 0.25) is 0 Å². The van der Waals surface area contributed by atoms with Crippen LogP contribution in [0.25, 0.3) is 11.1 Å². The Hall–Kier alpha value is -0.140. The molecule has 0 unspecified atom stereocenters. The van der Waals surface area contributed by atoms with E-state index in [1.807, 2.05) is 6.07 Å². The molecular weight excluding hydrogens is 653 g/mol. The third kappa shape index (κ3) is 4.98. The van der Waals surface area contributed by atoms with Crippen LogP contribution in [0.4, 0.5) is 5.69 Å². The largest absolute Gasteiger partial charge is 0.297 e. The summed E-state index contributed by atoms with van der Waals surface area (Å²) < 4.78 is 14.0. The first-order valence-electron chi connectivity index (χ1n) is 8.04. The molecule has 0 saturated carbocycles. The maximum atomic E-state index is 4.75. The van der Waals surface area contributed by atoms with Crippen LogP contribution in [0, 0.1) is 0 Å². The molecule has 7 heteroatoms. The minimum atomic E-state index is -0.520. The molecule has 4 nitrogen and oxygen atoms in total. The summed E-state index contributed by atoms with van der Waals surface area (Å²) >= 11 is 4.26. The van der Waals surface area contributed by atoms with Crippen molar-refractivity contribution >= 4 is 78.6 Å². The van der Waals surface area contributed by atoms with Gasteiger partial charge in [0.2, 0.25) is 0 Å². The molecule has 2 aromatic carbocycles. The van der Waals surface area contributed by atoms with E-state index < -0.39 is 21.3 Å². The lowest BCUT2D eigenvalue weighted by Gasteiger charge is -2.25. The Morgan fingerprint density at radius 1 is 1.00 bits per heavy atom. The number of benzene rings is 2. The Morgan fingerprint density at radius 2 is 1.76 bits per heavy atom. The van der Waals surface area contributed by atoms with E-state index in [-0.39, 0.29) is 0 Å². The second-order valence-electron chi connectivity index (χ2n) is 5.97. The normalized spacial score (nSPS) is 13.4. The van der Waals surface area contributed by atoms with Crippen molar-refractivity contribution in [3.63, 3.8) is 0 Å². The number of nitrogens with zero attached hydrogens (tertiary/aromatic N) is 4. The van der Waals surface area contributed by atoms with Crippen molar-refractivity contribution < 1.29 is 0 Å². The van der Waals surface area contributed by atoms with Crippen molar-refractivity contribution in [1.29, 1.82) is 0 Å². The SMILES string of the molecule is CC(C)N(I)CCN(I)C1=NI=Nc2cc(-c3ccccc3)ccc21. The fourth-order valence-electron chi connectivity index (χ4n) is 2.46. The van der Waals surface area contributed by atoms with Crippen molar-refractivity contribution in [3.8, 4) is 11.1 Å². The maximum absolute atomic E-state index is 4.75. The fraction of sp³-hybridized carbons (Fsp3) is 0.278. The Bertz CT molecular complexity index is 790. The molecule has 0 N–H and O–H groups in total. The molecule has 0 aromatic heterocycles. The van der Waals surface area contributed by atoms with Gasteiger partial charge in [0.15, 0.2) is 5.84 Å². The van der Waals surface area contributed by atoms with Gasteiger partial charge in [-0.15, -0.1) is 0 Å². The molecule has 0 aliphatic carbocycles. The van der Waals surface area contributed by atoms with E-state index in [1.165, 1.54) is 11.1 Å². The monoisotopic (exact) mass is 672 g/mol. The first-order valence-corrected chi connectivity index (χ1v) is 11.9. The molecule has 1 aliphatic rings. The molecule has 2 aromatic rings. The lowest BCUT2D eigenvalue weighted by Crippen LogP contribution is -2.32. The molecule has 0 bridgehead atoms. The van der Waals surface area contributed by atoms with Crippen LogP contribution < -0.4 is 0 Å². The maximum Gasteiger partial charge on any atom is 0.154 e. The molecular formula is C18H19I3N4. The highest BCUT2D eigenvalue weighted by Crippen LogP contribution is 2.35. The van der Waals surface area contributed by atoms with E-state index in [2.05, 4.69) is 108 Å². The average molecular weight is 672 g/mol. The summed E-state index contributed by atoms with van der Waals surface area (Å²) in [6.07, 6.45) is 0. The molecule has 3 rings (SSSR count). The van der Waals surface area contributed by atoms with Crippen LogP contribution in [0.15, 0.2) is 54.9 Å². The van der Waals surface area contributed by atoms with Crippen molar-refractivity contribution in [2.75, 3.05) is 13.1 Å². The minimum Gasteiger partial charge on any atom is -0.297 e. The van der Waals surface area contributed by atoms with Crippen LogP contribution >= 0.6 is 67.0 Å². The predicted molar refractivity (Wildman–Crippen MR) is 131 cm³/mol. The number of halogens is 3. The Balaban J connectivity index is 1.80. The summed E-state index contributed by atoms with van der Waals surface area (Å²) in [5.41, 5.74) is 4.67. The highest BCUT2D eigenvalue weighted by atomic mass is 127. The molecule has 0 fully saturated rings. The summed E-state index contributed by atoms with van der Waals surface area (Å²) in [4.78, 5) is 0. The van der Waals surface area contributed by atoms with E-state index in [9.17, 15) is 0 Å². The standard InChI is InChI=1S/C18H19I3N4/c1-13(2)24(19)10-11-25(20)18-16-9-8-15(12-17(16)22-21-23-18)14-6-4-3-5-7-14/h3-9,12-13H,10-11H2,1-2H3. The van der Waals surface area contributed by atoms with Gasteiger partial charge in [-0.1, -0.05) is 36.4 Å². The van der Waals surface area contributed by atoms with Crippen molar-refractivity contribution in [1.82, 2.24) is 6.23 Å². The zero-order valence-corrected chi connectivity index (χ0v) is 20.5. The van der Waals surface area contributed by atoms with Gasteiger partial charge in [0.1, 0.15) is 21.3 Å². The van der Waals surface area contributed by atoms with Crippen molar-refractivity contribution in [2.45, 2.75) is 19.9 Å². The van der Waals surface area contributed by atoms with E-state index in [0.717, 1.165) is 30.2 Å². The summed E-state index contributed by atoms with van der Waals surface area (Å²) in [6.45, 7) is 6.39. The summed E-state index contributed by atoms with van der Waals surface area (Å²) in [6, 6.07) is 17.5. The van der Waals surface area contributed by atoms with E-state index in [4.69, 9.17) is 6.35 Å². The first-order chi connectivity index (χ1) is 12.1. The lowest BCUT2D eigenvalue weighted by molar-refractivity contribution is 0.417. The summed E-state index contributed by atoms with van der Waals surface area (Å²) in [7, 11) is 0. The molecule has 132 valence electrons. The smallest absolute Gasteiger partial charge is 0.154 e. The van der Waals surface area contributed by atoms with Gasteiger partial charge in [-0.05, 0) is 37.1 Å². The molecule has 0 atom stereocenters.